The van der Waals surface area contributed by atoms with E-state index in [1.54, 1.807) is 24.8 Å². The highest BCUT2D eigenvalue weighted by Gasteiger charge is 2.49. The summed E-state index contributed by atoms with van der Waals surface area (Å²) in [5.74, 6) is -0.528. The van der Waals surface area contributed by atoms with Gasteiger partial charge in [0, 0.05) is 25.3 Å². The molecular formula is C25H30N2O3. The Bertz CT molecular complexity index is 856. The van der Waals surface area contributed by atoms with Gasteiger partial charge in [-0.15, -0.1) is 0 Å². The average Bonchev–Trinajstić information content (AvgIpc) is 2.77. The summed E-state index contributed by atoms with van der Waals surface area (Å²) in [5, 5.41) is 0. The zero-order valence-electron chi connectivity index (χ0n) is 17.8. The molecule has 5 nitrogen and oxygen atoms in total. The van der Waals surface area contributed by atoms with E-state index in [1.807, 2.05) is 48.5 Å². The van der Waals surface area contributed by atoms with Gasteiger partial charge in [0.2, 0.25) is 0 Å². The predicted octanol–water partition coefficient (Wildman–Crippen LogP) is 4.19. The average molecular weight is 407 g/mol. The predicted molar refractivity (Wildman–Crippen MR) is 119 cm³/mol. The Labute approximate surface area is 178 Å². The van der Waals surface area contributed by atoms with Gasteiger partial charge < -0.3 is 4.74 Å². The highest BCUT2D eigenvalue weighted by Crippen LogP contribution is 2.35. The van der Waals surface area contributed by atoms with E-state index in [4.69, 9.17) is 4.74 Å². The van der Waals surface area contributed by atoms with Gasteiger partial charge in [-0.3, -0.25) is 14.6 Å². The molecule has 2 aromatic carbocycles. The van der Waals surface area contributed by atoms with Crippen molar-refractivity contribution in [2.45, 2.75) is 38.8 Å². The molecule has 1 amide bonds. The van der Waals surface area contributed by atoms with E-state index in [2.05, 4.69) is 17.0 Å². The maximum Gasteiger partial charge on any atom is 0.332 e. The van der Waals surface area contributed by atoms with Gasteiger partial charge in [-0.25, -0.2) is 4.79 Å². The molecule has 0 unspecified atom stereocenters. The summed E-state index contributed by atoms with van der Waals surface area (Å²) in [6.07, 6.45) is 4.28. The lowest BCUT2D eigenvalue weighted by molar-refractivity contribution is -0.153. The number of carbonyl (C=O) groups excluding carboxylic acids is 2. The van der Waals surface area contributed by atoms with Crippen LogP contribution in [0.1, 0.15) is 32.3 Å². The number of esters is 1. The monoisotopic (exact) mass is 406 g/mol. The summed E-state index contributed by atoms with van der Waals surface area (Å²) in [5.41, 5.74) is 0.942. The molecule has 0 bridgehead atoms. The van der Waals surface area contributed by atoms with Crippen LogP contribution >= 0.6 is 0 Å². The van der Waals surface area contributed by atoms with Crippen molar-refractivity contribution >= 4 is 17.6 Å². The Kier molecular flexibility index (Phi) is 7.41. The Balaban J connectivity index is 1.91. The first-order valence-electron chi connectivity index (χ1n) is 10.6. The van der Waals surface area contributed by atoms with Crippen molar-refractivity contribution in [3.63, 3.8) is 0 Å². The third kappa shape index (κ3) is 4.79. The van der Waals surface area contributed by atoms with Gasteiger partial charge in [-0.05, 0) is 50.5 Å². The number of benzene rings is 2. The van der Waals surface area contributed by atoms with Crippen LogP contribution in [0.25, 0.3) is 0 Å². The normalized spacial score (nSPS) is 16.3. The third-order valence-electron chi connectivity index (χ3n) is 5.56. The standard InChI is InChI=1S/C25H30N2O3/c1-3-11-23(28)27(22-14-9-6-10-15-22)25(24(29)30-4-2)16-18-26(19-17-25)20-21-12-7-5-8-13-21/h3,5-15H,4,16-20H2,1-2H3. The van der Waals surface area contributed by atoms with Crippen LogP contribution in [-0.2, 0) is 20.9 Å². The molecule has 0 radical (unpaired) electrons. The molecule has 1 heterocycles. The molecular weight excluding hydrogens is 376 g/mol. The van der Waals surface area contributed by atoms with Gasteiger partial charge >= 0.3 is 5.97 Å². The summed E-state index contributed by atoms with van der Waals surface area (Å²) in [6.45, 7) is 6.14. The van der Waals surface area contributed by atoms with Gasteiger partial charge in [0.15, 0.2) is 0 Å². The largest absolute Gasteiger partial charge is 0.464 e. The number of likely N-dealkylation sites (tertiary alicyclic amines) is 1. The van der Waals surface area contributed by atoms with Gasteiger partial charge in [-0.1, -0.05) is 54.6 Å². The smallest absolute Gasteiger partial charge is 0.332 e. The summed E-state index contributed by atoms with van der Waals surface area (Å²) in [6, 6.07) is 19.7. The number of amides is 1. The van der Waals surface area contributed by atoms with Crippen molar-refractivity contribution in [1.29, 1.82) is 0 Å². The quantitative estimate of drug-likeness (QED) is 0.511. The fraction of sp³-hybridized carbons (Fsp3) is 0.360. The molecule has 1 aliphatic heterocycles. The summed E-state index contributed by atoms with van der Waals surface area (Å²) in [7, 11) is 0. The Morgan fingerprint density at radius 3 is 2.20 bits per heavy atom. The molecule has 0 aliphatic carbocycles. The number of anilines is 1. The minimum atomic E-state index is -1.01. The van der Waals surface area contributed by atoms with Crippen LogP contribution in [-0.4, -0.2) is 42.0 Å². The molecule has 158 valence electrons. The fourth-order valence-corrected chi connectivity index (χ4v) is 4.09. The number of hydrogen-bond acceptors (Lipinski definition) is 4. The topological polar surface area (TPSA) is 49.9 Å². The highest BCUT2D eigenvalue weighted by atomic mass is 16.5. The molecule has 30 heavy (non-hydrogen) atoms. The molecule has 5 heteroatoms. The maximum atomic E-state index is 13.2. The zero-order chi connectivity index (χ0) is 21.4. The second-order valence-corrected chi connectivity index (χ2v) is 7.52. The lowest BCUT2D eigenvalue weighted by Crippen LogP contribution is -2.62. The van der Waals surface area contributed by atoms with Crippen LogP contribution in [0, 0.1) is 0 Å². The number of nitrogens with zero attached hydrogens (tertiary/aromatic N) is 2. The lowest BCUT2D eigenvalue weighted by Gasteiger charge is -2.46. The lowest BCUT2D eigenvalue weighted by atomic mass is 9.84. The van der Waals surface area contributed by atoms with Crippen LogP contribution < -0.4 is 4.90 Å². The van der Waals surface area contributed by atoms with Crippen LogP contribution in [0.5, 0.6) is 0 Å². The minimum absolute atomic E-state index is 0.201. The number of rotatable bonds is 7. The number of hydrogen-bond donors (Lipinski definition) is 0. The SMILES string of the molecule is CC=CC(=O)N(c1ccccc1)C1(C(=O)OCC)CCN(Cc2ccccc2)CC1. The van der Waals surface area contributed by atoms with E-state index in [-0.39, 0.29) is 18.5 Å². The molecule has 0 atom stereocenters. The van der Waals surface area contributed by atoms with E-state index < -0.39 is 5.54 Å². The van der Waals surface area contributed by atoms with Crippen LogP contribution in [0.2, 0.25) is 0 Å². The first-order valence-corrected chi connectivity index (χ1v) is 10.6. The maximum absolute atomic E-state index is 13.2. The van der Waals surface area contributed by atoms with E-state index in [0.717, 1.165) is 6.54 Å². The molecule has 1 fully saturated rings. The number of piperidine rings is 1. The van der Waals surface area contributed by atoms with Gasteiger partial charge in [0.25, 0.3) is 5.91 Å². The van der Waals surface area contributed by atoms with E-state index in [0.29, 0.717) is 31.6 Å². The van der Waals surface area contributed by atoms with Gasteiger partial charge in [0.05, 0.1) is 6.61 Å². The Morgan fingerprint density at radius 1 is 1.03 bits per heavy atom. The summed E-state index contributed by atoms with van der Waals surface area (Å²) >= 11 is 0. The fourth-order valence-electron chi connectivity index (χ4n) is 4.09. The second-order valence-electron chi connectivity index (χ2n) is 7.52. The first kappa shape index (κ1) is 21.8. The van der Waals surface area contributed by atoms with Crippen molar-refractivity contribution in [3.05, 3.63) is 78.4 Å². The van der Waals surface area contributed by atoms with Crippen LogP contribution in [0.15, 0.2) is 72.8 Å². The van der Waals surface area contributed by atoms with Gasteiger partial charge in [0.1, 0.15) is 5.54 Å². The summed E-state index contributed by atoms with van der Waals surface area (Å²) < 4.78 is 5.49. The second kappa shape index (κ2) is 10.2. The molecule has 0 N–H and O–H groups in total. The number of ether oxygens (including phenoxy) is 1. The Hall–Kier alpha value is -2.92. The van der Waals surface area contributed by atoms with E-state index in [9.17, 15) is 9.59 Å². The molecule has 0 saturated carbocycles. The summed E-state index contributed by atoms with van der Waals surface area (Å²) in [4.78, 5) is 30.4. The van der Waals surface area contributed by atoms with E-state index in [1.165, 1.54) is 11.6 Å². The molecule has 0 aromatic heterocycles. The molecule has 1 aliphatic rings. The molecule has 1 saturated heterocycles. The third-order valence-corrected chi connectivity index (χ3v) is 5.56. The van der Waals surface area contributed by atoms with Crippen molar-refractivity contribution in [2.75, 3.05) is 24.6 Å². The van der Waals surface area contributed by atoms with Crippen molar-refractivity contribution < 1.29 is 14.3 Å². The number of para-hydroxylation sites is 1. The highest BCUT2D eigenvalue weighted by molar-refractivity contribution is 6.07. The molecule has 0 spiro atoms. The van der Waals surface area contributed by atoms with E-state index >= 15 is 0 Å². The molecule has 3 rings (SSSR count). The minimum Gasteiger partial charge on any atom is -0.464 e. The van der Waals surface area contributed by atoms with Crippen LogP contribution in [0.4, 0.5) is 5.69 Å². The molecule has 2 aromatic rings. The van der Waals surface area contributed by atoms with Crippen molar-refractivity contribution in [1.82, 2.24) is 4.90 Å². The first-order chi connectivity index (χ1) is 14.6. The van der Waals surface area contributed by atoms with Gasteiger partial charge in [-0.2, -0.15) is 0 Å². The zero-order valence-corrected chi connectivity index (χ0v) is 17.8. The number of carbonyl (C=O) groups is 2. The number of allylic oxidation sites excluding steroid dienone is 1. The van der Waals surface area contributed by atoms with Crippen LogP contribution in [0.3, 0.4) is 0 Å². The van der Waals surface area contributed by atoms with Crippen molar-refractivity contribution in [3.8, 4) is 0 Å². The van der Waals surface area contributed by atoms with Crippen molar-refractivity contribution in [2.24, 2.45) is 0 Å². The Morgan fingerprint density at radius 2 is 1.63 bits per heavy atom.